The minimum absolute atomic E-state index is 0.302. The molecule has 1 aromatic carbocycles. The highest BCUT2D eigenvalue weighted by Crippen LogP contribution is 2.49. The minimum atomic E-state index is -0.915. The molecule has 1 heterocycles. The Balaban J connectivity index is 2.15. The smallest absolute Gasteiger partial charge is 0.407 e. The molecule has 0 radical (unpaired) electrons. The van der Waals surface area contributed by atoms with Gasteiger partial charge in [-0.1, -0.05) is 24.3 Å². The molecule has 0 fully saturated rings. The van der Waals surface area contributed by atoms with E-state index < -0.39 is 12.1 Å². The average molecular weight is 303 g/mol. The van der Waals surface area contributed by atoms with Crippen LogP contribution in [-0.2, 0) is 12.8 Å². The molecular weight excluding hydrogens is 290 g/mol. The maximum Gasteiger partial charge on any atom is 0.410 e. The van der Waals surface area contributed by atoms with Crippen molar-refractivity contribution < 1.29 is 14.3 Å². The number of carbonyl (C=O) groups excluding carboxylic acids is 2. The highest BCUT2D eigenvalue weighted by molar-refractivity contribution is 7.20. The molecule has 3 rings (SSSR count). The lowest BCUT2D eigenvalue weighted by Gasteiger charge is -2.16. The summed E-state index contributed by atoms with van der Waals surface area (Å²) in [4.78, 5) is 23.2. The van der Waals surface area contributed by atoms with Crippen LogP contribution in [0.2, 0.25) is 0 Å². The second kappa shape index (κ2) is 5.10. The molecule has 2 aromatic rings. The number of rotatable bonds is 2. The molecule has 0 spiro atoms. The van der Waals surface area contributed by atoms with Gasteiger partial charge in [-0.05, 0) is 24.0 Å². The van der Waals surface area contributed by atoms with E-state index in [1.807, 2.05) is 18.2 Å². The molecule has 1 aliphatic rings. The molecule has 0 unspecified atom stereocenters. The van der Waals surface area contributed by atoms with E-state index in [2.05, 4.69) is 11.4 Å². The summed E-state index contributed by atoms with van der Waals surface area (Å²) in [5.74, 6) is 0.302. The van der Waals surface area contributed by atoms with Crippen molar-refractivity contribution in [1.29, 1.82) is 0 Å². The van der Waals surface area contributed by atoms with Crippen LogP contribution in [0.5, 0.6) is 5.75 Å². The van der Waals surface area contributed by atoms with Crippen molar-refractivity contribution in [2.45, 2.75) is 12.8 Å². The van der Waals surface area contributed by atoms with E-state index >= 15 is 0 Å². The fourth-order valence-electron chi connectivity index (χ4n) is 2.52. The first kappa shape index (κ1) is 13.4. The van der Waals surface area contributed by atoms with Crippen LogP contribution in [0.25, 0.3) is 10.4 Å². The number of hydrogen-bond acceptors (Lipinski definition) is 4. The maximum absolute atomic E-state index is 11.1. The Morgan fingerprint density at radius 1 is 1.19 bits per heavy atom. The van der Waals surface area contributed by atoms with Crippen LogP contribution in [-0.4, -0.2) is 12.1 Å². The van der Waals surface area contributed by atoms with Crippen molar-refractivity contribution in [3.05, 3.63) is 35.4 Å². The molecule has 7 heteroatoms. The summed E-state index contributed by atoms with van der Waals surface area (Å²) in [6.45, 7) is 0. The van der Waals surface area contributed by atoms with Gasteiger partial charge in [0.15, 0.2) is 5.75 Å². The summed E-state index contributed by atoms with van der Waals surface area (Å²) in [6.07, 6.45) is 0.638. The fraction of sp³-hybridized carbons (Fsp3) is 0.143. The molecular formula is C14H13N3O3S. The molecule has 21 heavy (non-hydrogen) atoms. The largest absolute Gasteiger partial charge is 0.410 e. The summed E-state index contributed by atoms with van der Waals surface area (Å²) in [7, 11) is 0. The molecule has 3 amide bonds. The lowest BCUT2D eigenvalue weighted by molar-refractivity contribution is 0.210. The van der Waals surface area contributed by atoms with Crippen molar-refractivity contribution in [2.75, 3.05) is 5.32 Å². The molecule has 1 aliphatic carbocycles. The monoisotopic (exact) mass is 303 g/mol. The number of nitrogens with one attached hydrogen (secondary N) is 1. The number of hydrogen-bond donors (Lipinski definition) is 3. The normalized spacial score (nSPS) is 12.2. The molecule has 0 bridgehead atoms. The molecule has 108 valence electrons. The third-order valence-electron chi connectivity index (χ3n) is 3.30. The predicted molar refractivity (Wildman–Crippen MR) is 80.6 cm³/mol. The van der Waals surface area contributed by atoms with Crippen molar-refractivity contribution in [2.24, 2.45) is 11.5 Å². The summed E-state index contributed by atoms with van der Waals surface area (Å²) >= 11 is 1.33. The van der Waals surface area contributed by atoms with Gasteiger partial charge in [-0.25, -0.2) is 9.59 Å². The number of aryl methyl sites for hydroxylation is 1. The highest BCUT2D eigenvalue weighted by atomic mass is 32.1. The van der Waals surface area contributed by atoms with Crippen molar-refractivity contribution in [3.8, 4) is 16.2 Å². The number of ether oxygens (including phenoxy) is 1. The molecule has 0 aliphatic heterocycles. The minimum Gasteiger partial charge on any atom is -0.407 e. The third-order valence-corrected chi connectivity index (χ3v) is 4.47. The quantitative estimate of drug-likeness (QED) is 0.793. The number of urea groups is 1. The Labute approximate surface area is 124 Å². The lowest BCUT2D eigenvalue weighted by atomic mass is 9.91. The number of primary amides is 2. The van der Waals surface area contributed by atoms with E-state index in [0.717, 1.165) is 22.4 Å². The summed E-state index contributed by atoms with van der Waals surface area (Å²) in [5, 5.41) is 2.90. The first-order valence-electron chi connectivity index (χ1n) is 6.34. The number of nitrogens with two attached hydrogens (primary N) is 2. The Hall–Kier alpha value is -2.54. The van der Waals surface area contributed by atoms with E-state index in [-0.39, 0.29) is 0 Å². The van der Waals surface area contributed by atoms with Gasteiger partial charge >= 0.3 is 12.1 Å². The zero-order valence-electron chi connectivity index (χ0n) is 11.0. The molecule has 5 N–H and O–H groups in total. The van der Waals surface area contributed by atoms with Gasteiger partial charge in [-0.3, -0.25) is 5.32 Å². The number of amides is 3. The number of carbonyl (C=O) groups is 2. The summed E-state index contributed by atoms with van der Waals surface area (Å²) in [6, 6.07) is 7.29. The Morgan fingerprint density at radius 3 is 2.67 bits per heavy atom. The zero-order valence-corrected chi connectivity index (χ0v) is 11.8. The maximum atomic E-state index is 11.1. The van der Waals surface area contributed by atoms with E-state index in [1.165, 1.54) is 16.9 Å². The van der Waals surface area contributed by atoms with Crippen molar-refractivity contribution in [3.63, 3.8) is 0 Å². The van der Waals surface area contributed by atoms with Gasteiger partial charge in [0.25, 0.3) is 0 Å². The van der Waals surface area contributed by atoms with Crippen LogP contribution in [0.1, 0.15) is 11.1 Å². The van der Waals surface area contributed by atoms with Gasteiger partial charge in [0.2, 0.25) is 0 Å². The number of fused-ring (bicyclic) bond motifs is 3. The molecule has 0 saturated heterocycles. The van der Waals surface area contributed by atoms with Crippen LogP contribution < -0.4 is 21.5 Å². The SMILES string of the molecule is NC(=O)Nc1sc2c(c1OC(N)=O)CCc1ccccc1-2. The first-order valence-corrected chi connectivity index (χ1v) is 7.15. The zero-order chi connectivity index (χ0) is 15.0. The topological polar surface area (TPSA) is 107 Å². The van der Waals surface area contributed by atoms with E-state index in [4.69, 9.17) is 16.2 Å². The lowest BCUT2D eigenvalue weighted by Crippen LogP contribution is -2.21. The average Bonchev–Trinajstić information content (AvgIpc) is 2.76. The molecule has 1 aromatic heterocycles. The van der Waals surface area contributed by atoms with E-state index in [9.17, 15) is 9.59 Å². The van der Waals surface area contributed by atoms with Crippen LogP contribution in [0.4, 0.5) is 14.6 Å². The van der Waals surface area contributed by atoms with Gasteiger partial charge < -0.3 is 16.2 Å². The van der Waals surface area contributed by atoms with Crippen LogP contribution >= 0.6 is 11.3 Å². The Kier molecular flexibility index (Phi) is 3.26. The van der Waals surface area contributed by atoms with Crippen LogP contribution in [0, 0.1) is 0 Å². The Morgan fingerprint density at radius 2 is 1.95 bits per heavy atom. The second-order valence-electron chi connectivity index (χ2n) is 4.64. The van der Waals surface area contributed by atoms with Crippen molar-refractivity contribution in [1.82, 2.24) is 0 Å². The number of anilines is 1. The highest BCUT2D eigenvalue weighted by Gasteiger charge is 2.27. The van der Waals surface area contributed by atoms with Crippen LogP contribution in [0.15, 0.2) is 24.3 Å². The van der Waals surface area contributed by atoms with Crippen molar-refractivity contribution >= 4 is 28.5 Å². The predicted octanol–water partition coefficient (Wildman–Crippen LogP) is 2.46. The van der Waals surface area contributed by atoms with E-state index in [0.29, 0.717) is 17.2 Å². The van der Waals surface area contributed by atoms with Gasteiger partial charge in [-0.2, -0.15) is 0 Å². The molecule has 6 nitrogen and oxygen atoms in total. The summed E-state index contributed by atoms with van der Waals surface area (Å²) in [5.41, 5.74) is 13.5. The standard InChI is InChI=1S/C14H13N3O3S/c15-13(18)17-12-10(20-14(16)19)9-6-5-7-3-1-2-4-8(7)11(9)21-12/h1-4H,5-6H2,(H2,16,19)(H3,15,17,18). The Bertz CT molecular complexity index is 739. The second-order valence-corrected chi connectivity index (χ2v) is 5.66. The third kappa shape index (κ3) is 2.43. The molecule has 0 atom stereocenters. The number of benzene rings is 1. The van der Waals surface area contributed by atoms with Gasteiger partial charge in [0.05, 0.1) is 0 Å². The fourth-order valence-corrected chi connectivity index (χ4v) is 3.76. The first-order chi connectivity index (χ1) is 10.1. The molecule has 0 saturated carbocycles. The number of thiophene rings is 1. The summed E-state index contributed by atoms with van der Waals surface area (Å²) < 4.78 is 5.08. The van der Waals surface area contributed by atoms with Crippen LogP contribution in [0.3, 0.4) is 0 Å². The van der Waals surface area contributed by atoms with Gasteiger partial charge in [0, 0.05) is 10.4 Å². The van der Waals surface area contributed by atoms with Gasteiger partial charge in [-0.15, -0.1) is 11.3 Å². The van der Waals surface area contributed by atoms with E-state index in [1.54, 1.807) is 0 Å². The van der Waals surface area contributed by atoms with Gasteiger partial charge in [0.1, 0.15) is 5.00 Å².